The van der Waals surface area contributed by atoms with Crippen molar-refractivity contribution in [1.29, 1.82) is 0 Å². The number of halogens is 1. The number of Topliss-reactive ketones (excluding diaryl/α,β-unsaturated/α-hetero) is 1. The summed E-state index contributed by atoms with van der Waals surface area (Å²) < 4.78 is 16.7. The molecule has 0 radical (unpaired) electrons. The van der Waals surface area contributed by atoms with Crippen molar-refractivity contribution in [2.24, 2.45) is 0 Å². The number of esters is 1. The summed E-state index contributed by atoms with van der Waals surface area (Å²) in [5, 5.41) is 0.603. The molecule has 0 aliphatic carbocycles. The van der Waals surface area contributed by atoms with Gasteiger partial charge in [-0.05, 0) is 55.8 Å². The molecule has 0 N–H and O–H groups in total. The first-order valence-electron chi connectivity index (χ1n) is 8.02. The van der Waals surface area contributed by atoms with E-state index in [1.54, 1.807) is 37.3 Å². The maximum Gasteiger partial charge on any atom is 0.349 e. The van der Waals surface area contributed by atoms with Gasteiger partial charge in [0.15, 0.2) is 18.0 Å². The van der Waals surface area contributed by atoms with E-state index in [0.717, 1.165) is 4.47 Å². The van der Waals surface area contributed by atoms with Crippen molar-refractivity contribution in [1.82, 2.24) is 0 Å². The zero-order chi connectivity index (χ0) is 19.6. The van der Waals surface area contributed by atoms with Gasteiger partial charge in [-0.1, -0.05) is 15.9 Å². The maximum atomic E-state index is 12.1. The van der Waals surface area contributed by atoms with Gasteiger partial charge in [-0.15, -0.1) is 0 Å². The quantitative estimate of drug-likeness (QED) is 0.262. The van der Waals surface area contributed by atoms with Gasteiger partial charge in [0.25, 0.3) is 0 Å². The molecule has 0 amide bonds. The van der Waals surface area contributed by atoms with Gasteiger partial charge in [0.1, 0.15) is 17.1 Å². The largest absolute Gasteiger partial charge is 0.482 e. The zero-order valence-corrected chi connectivity index (χ0v) is 16.2. The number of ketones is 1. The SMILES string of the molecule is CC(=O)c1c(OC(=O)COc2ccc(Br)cc2)ccc2c(C)cc(=O)oc12. The smallest absolute Gasteiger partial charge is 0.349 e. The molecular formula is C20H15BrO6. The predicted molar refractivity (Wildman–Crippen MR) is 102 cm³/mol. The van der Waals surface area contributed by atoms with E-state index in [2.05, 4.69) is 15.9 Å². The Kier molecular flexibility index (Phi) is 5.41. The second-order valence-corrected chi connectivity index (χ2v) is 6.75. The number of hydrogen-bond donors (Lipinski definition) is 0. The van der Waals surface area contributed by atoms with Crippen molar-refractivity contribution in [3.8, 4) is 11.5 Å². The lowest BCUT2D eigenvalue weighted by atomic mass is 10.0. The third kappa shape index (κ3) is 4.25. The van der Waals surface area contributed by atoms with Crippen molar-refractivity contribution >= 4 is 38.7 Å². The molecule has 0 spiro atoms. The fourth-order valence-electron chi connectivity index (χ4n) is 2.61. The Morgan fingerprint density at radius 1 is 1.11 bits per heavy atom. The lowest BCUT2D eigenvalue weighted by Gasteiger charge is -2.11. The van der Waals surface area contributed by atoms with Crippen LogP contribution in [-0.4, -0.2) is 18.4 Å². The van der Waals surface area contributed by atoms with Crippen molar-refractivity contribution in [2.75, 3.05) is 6.61 Å². The molecule has 0 saturated heterocycles. The van der Waals surface area contributed by atoms with E-state index in [1.807, 2.05) is 0 Å². The van der Waals surface area contributed by atoms with E-state index in [-0.39, 0.29) is 29.3 Å². The first-order valence-corrected chi connectivity index (χ1v) is 8.82. The molecule has 3 rings (SSSR count). The van der Waals surface area contributed by atoms with Crippen molar-refractivity contribution in [3.05, 3.63) is 68.5 Å². The minimum Gasteiger partial charge on any atom is -0.482 e. The lowest BCUT2D eigenvalue weighted by Crippen LogP contribution is -2.19. The third-order valence-corrected chi connectivity index (χ3v) is 4.36. The molecule has 2 aromatic carbocycles. The second kappa shape index (κ2) is 7.75. The number of carbonyl (C=O) groups is 2. The number of benzene rings is 2. The van der Waals surface area contributed by atoms with Crippen LogP contribution < -0.4 is 15.1 Å². The Balaban J connectivity index is 1.86. The Labute approximate surface area is 162 Å². The molecule has 138 valence electrons. The molecule has 6 nitrogen and oxygen atoms in total. The molecule has 0 fully saturated rings. The fraction of sp³-hybridized carbons (Fsp3) is 0.150. The molecule has 0 saturated carbocycles. The van der Waals surface area contributed by atoms with Crippen LogP contribution in [0.15, 0.2) is 56.1 Å². The molecule has 1 heterocycles. The topological polar surface area (TPSA) is 82.8 Å². The van der Waals surface area contributed by atoms with Gasteiger partial charge in [0.05, 0.1) is 0 Å². The third-order valence-electron chi connectivity index (χ3n) is 3.83. The normalized spacial score (nSPS) is 10.6. The maximum absolute atomic E-state index is 12.1. The fourth-order valence-corrected chi connectivity index (χ4v) is 2.87. The van der Waals surface area contributed by atoms with Crippen LogP contribution in [0.1, 0.15) is 22.8 Å². The van der Waals surface area contributed by atoms with Gasteiger partial charge >= 0.3 is 11.6 Å². The molecule has 3 aromatic rings. The number of hydrogen-bond acceptors (Lipinski definition) is 6. The lowest BCUT2D eigenvalue weighted by molar-refractivity contribution is -0.136. The summed E-state index contributed by atoms with van der Waals surface area (Å²) in [4.78, 5) is 35.9. The van der Waals surface area contributed by atoms with Crippen LogP contribution in [-0.2, 0) is 4.79 Å². The first kappa shape index (κ1) is 18.8. The second-order valence-electron chi connectivity index (χ2n) is 5.84. The van der Waals surface area contributed by atoms with E-state index < -0.39 is 11.6 Å². The molecule has 0 unspecified atom stereocenters. The van der Waals surface area contributed by atoms with Crippen LogP contribution in [0.2, 0.25) is 0 Å². The summed E-state index contributed by atoms with van der Waals surface area (Å²) in [5.74, 6) is -0.545. The van der Waals surface area contributed by atoms with Crippen LogP contribution in [0.25, 0.3) is 11.0 Å². The highest BCUT2D eigenvalue weighted by atomic mass is 79.9. The molecule has 7 heteroatoms. The highest BCUT2D eigenvalue weighted by Crippen LogP contribution is 2.29. The number of fused-ring (bicyclic) bond motifs is 1. The van der Waals surface area contributed by atoms with Gasteiger partial charge in [-0.2, -0.15) is 0 Å². The van der Waals surface area contributed by atoms with Gasteiger partial charge in [0.2, 0.25) is 0 Å². The zero-order valence-electron chi connectivity index (χ0n) is 14.6. The number of rotatable bonds is 5. The minimum absolute atomic E-state index is 0.0214. The van der Waals surface area contributed by atoms with E-state index in [1.165, 1.54) is 19.1 Å². The molecular weight excluding hydrogens is 416 g/mol. The highest BCUT2D eigenvalue weighted by molar-refractivity contribution is 9.10. The monoisotopic (exact) mass is 430 g/mol. The average Bonchev–Trinajstić information content (AvgIpc) is 2.60. The van der Waals surface area contributed by atoms with Gasteiger partial charge < -0.3 is 13.9 Å². The van der Waals surface area contributed by atoms with Crippen LogP contribution in [0.3, 0.4) is 0 Å². The van der Waals surface area contributed by atoms with Gasteiger partial charge in [0, 0.05) is 15.9 Å². The summed E-state index contributed by atoms with van der Waals surface area (Å²) in [6, 6.07) is 11.4. The van der Waals surface area contributed by atoms with Crippen LogP contribution in [0.4, 0.5) is 0 Å². The van der Waals surface area contributed by atoms with Crippen LogP contribution in [0, 0.1) is 6.92 Å². The van der Waals surface area contributed by atoms with Crippen molar-refractivity contribution < 1.29 is 23.5 Å². The van der Waals surface area contributed by atoms with E-state index in [9.17, 15) is 14.4 Å². The molecule has 0 aliphatic heterocycles. The van der Waals surface area contributed by atoms with Crippen LogP contribution in [0.5, 0.6) is 11.5 Å². The van der Waals surface area contributed by atoms with Crippen molar-refractivity contribution in [3.63, 3.8) is 0 Å². The Morgan fingerprint density at radius 2 is 1.81 bits per heavy atom. The molecule has 1 aromatic heterocycles. The minimum atomic E-state index is -0.685. The molecule has 27 heavy (non-hydrogen) atoms. The summed E-state index contributed by atoms with van der Waals surface area (Å²) in [6.07, 6.45) is 0. The van der Waals surface area contributed by atoms with Crippen LogP contribution >= 0.6 is 15.9 Å². The highest BCUT2D eigenvalue weighted by Gasteiger charge is 2.19. The Hall–Kier alpha value is -2.93. The summed E-state index contributed by atoms with van der Waals surface area (Å²) >= 11 is 3.31. The van der Waals surface area contributed by atoms with E-state index in [0.29, 0.717) is 16.7 Å². The Bertz CT molecular complexity index is 1080. The standard InChI is InChI=1S/C20H15BrO6/c1-11-9-17(23)27-20-15(11)7-8-16(19(20)12(2)22)26-18(24)10-25-14-5-3-13(21)4-6-14/h3-9H,10H2,1-2H3. The summed E-state index contributed by atoms with van der Waals surface area (Å²) in [5.41, 5.74) is 0.238. The molecule has 0 bridgehead atoms. The Morgan fingerprint density at radius 3 is 2.48 bits per heavy atom. The summed E-state index contributed by atoms with van der Waals surface area (Å²) in [7, 11) is 0. The average molecular weight is 431 g/mol. The first-order chi connectivity index (χ1) is 12.8. The summed E-state index contributed by atoms with van der Waals surface area (Å²) in [6.45, 7) is 2.71. The van der Waals surface area contributed by atoms with E-state index in [4.69, 9.17) is 13.9 Å². The molecule has 0 aliphatic rings. The van der Waals surface area contributed by atoms with E-state index >= 15 is 0 Å². The van der Waals surface area contributed by atoms with Crippen molar-refractivity contribution in [2.45, 2.75) is 13.8 Å². The molecule has 0 atom stereocenters. The number of aryl methyl sites for hydroxylation is 1. The van der Waals surface area contributed by atoms with Gasteiger partial charge in [-0.3, -0.25) is 4.79 Å². The predicted octanol–water partition coefficient (Wildman–Crippen LogP) is 4.05. The number of carbonyl (C=O) groups excluding carboxylic acids is 2. The van der Waals surface area contributed by atoms with Gasteiger partial charge in [-0.25, -0.2) is 9.59 Å². The number of ether oxygens (including phenoxy) is 2.